The number of rotatable bonds is 12. The van der Waals surface area contributed by atoms with Gasteiger partial charge in [0.1, 0.15) is 0 Å². The van der Waals surface area contributed by atoms with Crippen LogP contribution in [0.3, 0.4) is 0 Å². The van der Waals surface area contributed by atoms with E-state index in [2.05, 4.69) is 0 Å². The Morgan fingerprint density at radius 2 is 1.92 bits per heavy atom. The van der Waals surface area contributed by atoms with Crippen LogP contribution in [0, 0.1) is 0 Å². The van der Waals surface area contributed by atoms with Gasteiger partial charge in [0, 0.05) is 18.4 Å². The van der Waals surface area contributed by atoms with Crippen LogP contribution >= 0.6 is 0 Å². The third-order valence-electron chi connectivity index (χ3n) is 4.24. The van der Waals surface area contributed by atoms with Crippen LogP contribution in [-0.4, -0.2) is 39.3 Å². The summed E-state index contributed by atoms with van der Waals surface area (Å²) in [6, 6.07) is 0. The highest BCUT2D eigenvalue weighted by atomic mass is 16.4. The molecule has 0 unspecified atom stereocenters. The maximum Gasteiger partial charge on any atom is 0.303 e. The average molecular weight is 350 g/mol. The molecule has 5 heteroatoms. The van der Waals surface area contributed by atoms with Crippen molar-refractivity contribution in [3.8, 4) is 0 Å². The number of aliphatic hydroxyl groups is 2. The fraction of sp³-hybridized carbons (Fsp3) is 0.600. The zero-order chi connectivity index (χ0) is 18.7. The number of aliphatic carboxylic acids is 1. The van der Waals surface area contributed by atoms with Crippen molar-refractivity contribution in [2.75, 3.05) is 0 Å². The fourth-order valence-electron chi connectivity index (χ4n) is 2.79. The Kier molecular flexibility index (Phi) is 10.0. The summed E-state index contributed by atoms with van der Waals surface area (Å²) in [4.78, 5) is 22.4. The number of allylic oxidation sites excluding steroid dienone is 5. The number of Topliss-reactive ketones (excluding diaryl/α,β-unsaturated/α-hetero) is 1. The maximum absolute atomic E-state index is 12.0. The molecule has 0 aromatic carbocycles. The van der Waals surface area contributed by atoms with Crippen molar-refractivity contribution in [3.05, 3.63) is 35.5 Å². The molecule has 0 aliphatic heterocycles. The average Bonchev–Trinajstić information content (AvgIpc) is 2.88. The Labute approximate surface area is 149 Å². The van der Waals surface area contributed by atoms with E-state index in [-0.39, 0.29) is 18.3 Å². The first-order chi connectivity index (χ1) is 11.9. The van der Waals surface area contributed by atoms with Crippen LogP contribution in [0.1, 0.15) is 64.7 Å². The summed E-state index contributed by atoms with van der Waals surface area (Å²) in [5.74, 6) is -0.639. The van der Waals surface area contributed by atoms with Crippen LogP contribution in [0.15, 0.2) is 35.5 Å². The summed E-state index contributed by atoms with van der Waals surface area (Å²) in [7, 11) is 0. The van der Waals surface area contributed by atoms with Crippen molar-refractivity contribution in [1.82, 2.24) is 0 Å². The summed E-state index contributed by atoms with van der Waals surface area (Å²) in [6.07, 6.45) is 11.8. The first kappa shape index (κ1) is 21.3. The molecule has 0 aromatic heterocycles. The van der Waals surface area contributed by atoms with Gasteiger partial charge in [-0.3, -0.25) is 9.59 Å². The lowest BCUT2D eigenvalue weighted by Crippen LogP contribution is -2.05. The Morgan fingerprint density at radius 1 is 1.16 bits per heavy atom. The lowest BCUT2D eigenvalue weighted by atomic mass is 10.0. The van der Waals surface area contributed by atoms with Crippen molar-refractivity contribution in [2.24, 2.45) is 0 Å². The van der Waals surface area contributed by atoms with Crippen molar-refractivity contribution >= 4 is 11.8 Å². The predicted molar refractivity (Wildman–Crippen MR) is 97.2 cm³/mol. The van der Waals surface area contributed by atoms with Crippen LogP contribution in [0.5, 0.6) is 0 Å². The van der Waals surface area contributed by atoms with Crippen molar-refractivity contribution < 1.29 is 24.9 Å². The number of carbonyl (C=O) groups excluding carboxylic acids is 1. The van der Waals surface area contributed by atoms with E-state index < -0.39 is 12.1 Å². The van der Waals surface area contributed by atoms with Gasteiger partial charge in [-0.25, -0.2) is 0 Å². The number of hydrogen-bond donors (Lipinski definition) is 3. The largest absolute Gasteiger partial charge is 0.481 e. The zero-order valence-corrected chi connectivity index (χ0v) is 15.0. The van der Waals surface area contributed by atoms with Gasteiger partial charge >= 0.3 is 5.97 Å². The fourth-order valence-corrected chi connectivity index (χ4v) is 2.79. The summed E-state index contributed by atoms with van der Waals surface area (Å²) in [5.41, 5.74) is 1.77. The molecule has 0 saturated carbocycles. The van der Waals surface area contributed by atoms with E-state index in [9.17, 15) is 19.8 Å². The van der Waals surface area contributed by atoms with Crippen LogP contribution in [0.2, 0.25) is 0 Å². The SMILES string of the molecule is C[C@H](O)CCC[C@@H](O)C=CC1=C(CC=CCCCC(=O)O)C(=O)CC1. The lowest BCUT2D eigenvalue weighted by Gasteiger charge is -2.07. The molecule has 0 heterocycles. The monoisotopic (exact) mass is 350 g/mol. The predicted octanol–water partition coefficient (Wildman–Crippen LogP) is 3.32. The van der Waals surface area contributed by atoms with Crippen LogP contribution in [0.4, 0.5) is 0 Å². The summed E-state index contributed by atoms with van der Waals surface area (Å²) in [6.45, 7) is 1.73. The molecule has 1 aliphatic carbocycles. The maximum atomic E-state index is 12.0. The summed E-state index contributed by atoms with van der Waals surface area (Å²) in [5, 5.41) is 27.8. The second kappa shape index (κ2) is 11.8. The second-order valence-corrected chi connectivity index (χ2v) is 6.59. The normalized spacial score (nSPS) is 17.8. The molecule has 0 bridgehead atoms. The lowest BCUT2D eigenvalue weighted by molar-refractivity contribution is -0.137. The van der Waals surface area contributed by atoms with Crippen molar-refractivity contribution in [1.29, 1.82) is 0 Å². The molecule has 25 heavy (non-hydrogen) atoms. The molecule has 5 nitrogen and oxygen atoms in total. The van der Waals surface area contributed by atoms with Gasteiger partial charge in [-0.05, 0) is 57.4 Å². The molecule has 2 atom stereocenters. The van der Waals surface area contributed by atoms with Gasteiger partial charge in [-0.2, -0.15) is 0 Å². The molecular formula is C20H30O5. The van der Waals surface area contributed by atoms with E-state index in [1.807, 2.05) is 18.2 Å². The zero-order valence-electron chi connectivity index (χ0n) is 15.0. The van der Waals surface area contributed by atoms with Gasteiger partial charge in [0.05, 0.1) is 12.2 Å². The molecule has 0 spiro atoms. The van der Waals surface area contributed by atoms with E-state index in [1.165, 1.54) is 0 Å². The van der Waals surface area contributed by atoms with Gasteiger partial charge in [0.25, 0.3) is 0 Å². The molecular weight excluding hydrogens is 320 g/mol. The van der Waals surface area contributed by atoms with E-state index in [1.54, 1.807) is 13.0 Å². The molecule has 3 N–H and O–H groups in total. The van der Waals surface area contributed by atoms with Gasteiger partial charge in [-0.15, -0.1) is 0 Å². The minimum atomic E-state index is -0.790. The Hall–Kier alpha value is -1.72. The van der Waals surface area contributed by atoms with E-state index in [0.717, 1.165) is 17.6 Å². The van der Waals surface area contributed by atoms with Gasteiger partial charge in [0.2, 0.25) is 0 Å². The number of aliphatic hydroxyl groups excluding tert-OH is 2. The third-order valence-corrected chi connectivity index (χ3v) is 4.24. The van der Waals surface area contributed by atoms with Crippen LogP contribution in [-0.2, 0) is 9.59 Å². The molecule has 0 radical (unpaired) electrons. The molecule has 0 amide bonds. The van der Waals surface area contributed by atoms with E-state index in [0.29, 0.717) is 44.9 Å². The summed E-state index contributed by atoms with van der Waals surface area (Å²) < 4.78 is 0. The Bertz CT molecular complexity index is 528. The highest BCUT2D eigenvalue weighted by Gasteiger charge is 2.20. The number of unbranched alkanes of at least 4 members (excludes halogenated alkanes) is 1. The molecule has 1 rings (SSSR count). The van der Waals surface area contributed by atoms with E-state index in [4.69, 9.17) is 5.11 Å². The molecule has 0 fully saturated rings. The van der Waals surface area contributed by atoms with E-state index >= 15 is 0 Å². The minimum Gasteiger partial charge on any atom is -0.481 e. The highest BCUT2D eigenvalue weighted by Crippen LogP contribution is 2.27. The number of carbonyl (C=O) groups is 2. The number of ketones is 1. The molecule has 1 aliphatic rings. The molecule has 0 aromatic rings. The molecule has 140 valence electrons. The second-order valence-electron chi connectivity index (χ2n) is 6.59. The van der Waals surface area contributed by atoms with Gasteiger partial charge in [0.15, 0.2) is 5.78 Å². The Balaban J connectivity index is 2.48. The summed E-state index contributed by atoms with van der Waals surface area (Å²) >= 11 is 0. The smallest absolute Gasteiger partial charge is 0.303 e. The molecule has 0 saturated heterocycles. The van der Waals surface area contributed by atoms with Crippen molar-refractivity contribution in [3.63, 3.8) is 0 Å². The number of hydrogen-bond acceptors (Lipinski definition) is 4. The standard InChI is InChI=1S/C20H30O5/c1-15(21)7-6-8-17(22)13-11-16-12-14-19(23)18(16)9-4-2-3-5-10-20(24)25/h2,4,11,13,15,17,21-22H,3,5-10,12,14H2,1H3,(H,24,25)/t15-,17+/m0/s1. The van der Waals surface area contributed by atoms with Crippen LogP contribution in [0.25, 0.3) is 0 Å². The Morgan fingerprint density at radius 3 is 2.60 bits per heavy atom. The quantitative estimate of drug-likeness (QED) is 0.371. The van der Waals surface area contributed by atoms with Crippen LogP contribution < -0.4 is 0 Å². The van der Waals surface area contributed by atoms with Gasteiger partial charge in [-0.1, -0.05) is 24.3 Å². The first-order valence-electron chi connectivity index (χ1n) is 9.06. The highest BCUT2D eigenvalue weighted by molar-refractivity contribution is 5.99. The van der Waals surface area contributed by atoms with Gasteiger partial charge < -0.3 is 15.3 Å². The number of carboxylic acid groups (broad SMARTS) is 1. The first-order valence-corrected chi connectivity index (χ1v) is 9.06. The topological polar surface area (TPSA) is 94.8 Å². The third kappa shape index (κ3) is 9.37. The number of carboxylic acids is 1. The van der Waals surface area contributed by atoms with Crippen molar-refractivity contribution in [2.45, 2.75) is 76.9 Å². The minimum absolute atomic E-state index is 0.151.